The number of amides is 1. The Morgan fingerprint density at radius 3 is 0.957 bits per heavy atom. The van der Waals surface area contributed by atoms with Gasteiger partial charge >= 0.3 is 121 Å². The first-order chi connectivity index (χ1) is 64.0. The number of carbonyl (C=O) groups is 8. The quantitative estimate of drug-likeness (QED) is 0.0123. The SMILES string of the molecule is C1=CCC=C1.CC(=O)O.Cc1ccc2c(c1)c(CC(=O)CCCCCCCN)c(C)n2C(=O)c1ccc(Cl)cc1.Cc1ccc2c(c1)c(CC(=O)CCCCCCCNC(=O)C1CCCC1)c(C)n2C(=O)c1ccc(Cl)cc1.O=C(O)C1CCCC1.O=C(O)C1CCCC1.O=C=O.[C-]#[O+].[C-]#[O+].[C-]#[O+].[C-]#[O+].[C-]#[O+].[CH-]=O.[CH-]=O.[CH-]=O.[CH-]=O.[CH-]=O.[CH-]=O.[CH-]=O.[CH-]=O.[CH-]=O.[CH3-].[CH3-].[CH3-].[Cl][Re].[H-].[Li+].[Re].[Re].[Re].c1cc[cH-]c1. The van der Waals surface area contributed by atoms with Crippen molar-refractivity contribution in [1.29, 1.82) is 0 Å². The molecule has 6 N–H and O–H groups in total. The van der Waals surface area contributed by atoms with Gasteiger partial charge in [-0.15, -0.1) is 0 Å². The number of benzene rings is 4. The molecule has 3 saturated carbocycles. The number of carboxylic acid groups (broad SMARTS) is 3. The number of hydrogen-bond acceptors (Lipinski definition) is 20. The topological polar surface area (TPSA) is 532 Å². The summed E-state index contributed by atoms with van der Waals surface area (Å²) in [6.07, 6.45) is 34.3. The second-order valence-corrected chi connectivity index (χ2v) is 27.2. The summed E-state index contributed by atoms with van der Waals surface area (Å²) in [5.41, 5.74) is 14.1. The van der Waals surface area contributed by atoms with Crippen LogP contribution in [0.4, 0.5) is 0 Å². The van der Waals surface area contributed by atoms with Crippen LogP contribution in [0.25, 0.3) is 21.8 Å². The predicted molar refractivity (Wildman–Crippen MR) is 511 cm³/mol. The summed E-state index contributed by atoms with van der Waals surface area (Å²) >= 11 is 13.2. The van der Waals surface area contributed by atoms with Gasteiger partial charge in [0.05, 0.1) is 22.9 Å². The fourth-order valence-electron chi connectivity index (χ4n) is 12.8. The molecule has 0 saturated heterocycles. The summed E-state index contributed by atoms with van der Waals surface area (Å²) in [5.74, 6) is -1.42. The van der Waals surface area contributed by atoms with E-state index in [0.717, 1.165) is 210 Å². The van der Waals surface area contributed by atoms with Crippen LogP contribution in [0.5, 0.6) is 0 Å². The minimum absolute atomic E-state index is 0. The molecule has 3 radical (unpaired) electrons. The van der Waals surface area contributed by atoms with Gasteiger partial charge in [-0.3, -0.25) is 109 Å². The Morgan fingerprint density at radius 2 is 0.719 bits per heavy atom. The number of aromatic nitrogens is 2. The molecule has 0 bridgehead atoms. The summed E-state index contributed by atoms with van der Waals surface area (Å²) in [7, 11) is 4.69. The number of nitrogens with zero attached hydrogens (tertiary/aromatic N) is 2. The van der Waals surface area contributed by atoms with E-state index < -0.39 is 17.9 Å². The molecule has 3 fully saturated rings. The Kier molecular flexibility index (Phi) is 167. The molecule has 5 aromatic carbocycles. The third-order valence-electron chi connectivity index (χ3n) is 18.3. The number of rotatable bonds is 24. The Bertz CT molecular complexity index is 4240. The number of carbonyl (C=O) groups excluding carboxylic acids is 16. The molecule has 39 heteroatoms. The zero-order valence-electron chi connectivity index (χ0n) is 80.5. The first-order valence-electron chi connectivity index (χ1n) is 39.3. The van der Waals surface area contributed by atoms with Gasteiger partial charge in [0.1, 0.15) is 11.6 Å². The molecular weight excluding hydrogens is 2550 g/mol. The standard InChI is InChI=1S/C32H39ClN2O3.C26H31ClN2O2.2C6H10O2.C5H6.C5H5.C2H4O2.CO2.9CHO.5CO.3CH3.ClH.Li.4Re.H/c1-22-13-18-30-29(20-22)28(23(2)35(30)32(38)25-14-16-26(33)17-15-25)21-27(36)12-6-4-3-5-9-19-34-31(37)24-10-7-8-11-24;1-18-9-14-25-24(16-18)23(17-22(30)8-6-4-3-5-7-15-28)19(2)29(25)26(31)20-10-12-21(27)13-11-20;2*7-6(8)5-3-1-2-4-5;2*1-2-4-5-3-1;1-2(3)4;2-1-3;14*1-2;;;;;;;;;;/h13-18,20,24H,3-12,19,21H2,1-2H3,(H,34,37);9-14,16H,3-8,15,17,28H2,1-2H3;2*5H,1-4H2,(H,7,8);1-4H,5H2;1-5H;1H3,(H,3,4);;9*1H;;;;;;3*1H3;1H;;;;;;/q;;;;;-1;;;9*-1;;;;;;3*-1;;+1;;;;+1;-1/p-1. The number of nitrogens with one attached hydrogen (secondary N) is 1. The van der Waals surface area contributed by atoms with E-state index in [1.54, 1.807) is 57.7 Å². The van der Waals surface area contributed by atoms with E-state index in [0.29, 0.717) is 46.9 Å². The number of unbranched alkanes of at least 4 members (excludes halogenated alkanes) is 8. The van der Waals surface area contributed by atoms with Crippen LogP contribution in [0.15, 0.2) is 140 Å². The minimum atomic E-state index is -0.833. The Hall–Kier alpha value is -9.46. The number of carboxylic acids is 3. The zero-order valence-corrected chi connectivity index (χ0v) is 92.6. The van der Waals surface area contributed by atoms with Gasteiger partial charge < -0.3 is 93.2 Å². The summed E-state index contributed by atoms with van der Waals surface area (Å²) in [4.78, 5) is 180. The molecule has 31 nitrogen and oxygen atoms in total. The van der Waals surface area contributed by atoms with Crippen LogP contribution < -0.4 is 29.9 Å². The number of ketones is 2. The summed E-state index contributed by atoms with van der Waals surface area (Å²) in [5, 5.41) is 30.5. The number of hydrogen-bond donors (Lipinski definition) is 5. The van der Waals surface area contributed by atoms with E-state index in [-0.39, 0.29) is 157 Å². The summed E-state index contributed by atoms with van der Waals surface area (Å²) in [6, 6.07) is 35.9. The molecule has 4 aliphatic carbocycles. The Morgan fingerprint density at radius 1 is 0.460 bits per heavy atom. The van der Waals surface area contributed by atoms with Gasteiger partial charge in [-0.1, -0.05) is 148 Å². The van der Waals surface area contributed by atoms with Crippen molar-refractivity contribution < 1.29 is 229 Å². The molecule has 4 aliphatic rings. The minimum Gasteiger partial charge on any atom is -1.00 e. The molecule has 7 aromatic rings. The molecule has 2 heterocycles. The molecule has 0 unspecified atom stereocenters. The first-order valence-corrected chi connectivity index (χ1v) is 43.4. The normalized spacial score (nSPS) is 10.3. The molecule has 1 amide bonds. The van der Waals surface area contributed by atoms with Crippen molar-refractivity contribution in [2.24, 2.45) is 23.5 Å². The fraction of sp³-hybridized carbons (Fsp3) is 0.370. The van der Waals surface area contributed by atoms with Crippen LogP contribution in [0.3, 0.4) is 0 Å². The molecule has 769 valence electrons. The van der Waals surface area contributed by atoms with Gasteiger partial charge in [0, 0.05) is 150 Å². The number of allylic oxidation sites excluding steroid dienone is 4. The van der Waals surface area contributed by atoms with Crippen LogP contribution >= 0.6 is 32.7 Å². The Balaban J connectivity index is -0.0000000697. The van der Waals surface area contributed by atoms with E-state index in [1.807, 2.05) is 82.3 Å². The van der Waals surface area contributed by atoms with Crippen LogP contribution in [-0.2, 0) is 197 Å². The van der Waals surface area contributed by atoms with Gasteiger partial charge in [0.25, 0.3) is 17.8 Å². The van der Waals surface area contributed by atoms with E-state index in [2.05, 4.69) is 136 Å². The van der Waals surface area contributed by atoms with E-state index in [9.17, 15) is 33.6 Å². The van der Waals surface area contributed by atoms with Crippen molar-refractivity contribution in [2.75, 3.05) is 13.1 Å². The number of fused-ring (bicyclic) bond motifs is 2. The van der Waals surface area contributed by atoms with E-state index in [4.69, 9.17) is 135 Å². The van der Waals surface area contributed by atoms with Gasteiger partial charge in [-0.25, -0.2) is 12.1 Å². The molecule has 0 spiro atoms. The van der Waals surface area contributed by atoms with Gasteiger partial charge in [-0.2, -0.15) is 27.8 Å². The maximum Gasteiger partial charge on any atom is 1.00 e. The number of nitrogens with two attached hydrogens (primary N) is 1. The zero-order chi connectivity index (χ0) is 105. The molecule has 11 rings (SSSR count). The van der Waals surface area contributed by atoms with E-state index in [1.165, 1.54) is 31.0 Å². The number of aliphatic carboxylic acids is 3. The molecular formula is C100H124Cl3LiN4O27Re4-13. The largest absolute Gasteiger partial charge is 1.00 e. The fourth-order valence-corrected chi connectivity index (χ4v) is 13.0. The number of aryl methyl sites for hydroxylation is 2. The molecule has 139 heavy (non-hydrogen) atoms. The first kappa shape index (κ1) is 175. The van der Waals surface area contributed by atoms with Crippen LogP contribution in [0.2, 0.25) is 10.0 Å². The average Bonchev–Trinajstić information content (AvgIpc) is 1.61. The summed E-state index contributed by atoms with van der Waals surface area (Å²) in [6.45, 7) is 62.2. The second-order valence-electron chi connectivity index (χ2n) is 26.3. The third kappa shape index (κ3) is 86.2. The smallest absolute Gasteiger partial charge is 1.00 e. The Labute approximate surface area is 899 Å². The predicted octanol–water partition coefficient (Wildman–Crippen LogP) is 14.8. The third-order valence-corrected chi connectivity index (χ3v) is 18.8. The van der Waals surface area contributed by atoms with Gasteiger partial charge in [-0.05, 0) is 189 Å². The van der Waals surface area contributed by atoms with Crippen LogP contribution in [0, 0.1) is 101 Å². The van der Waals surface area contributed by atoms with Crippen molar-refractivity contribution in [1.82, 2.24) is 14.5 Å². The van der Waals surface area contributed by atoms with Gasteiger partial charge in [0.2, 0.25) is 5.91 Å². The van der Waals surface area contributed by atoms with Crippen LogP contribution in [0.1, 0.15) is 223 Å². The number of Topliss-reactive ketones (excluding diaryl/α,β-unsaturated/α-hetero) is 2. The van der Waals surface area contributed by atoms with Crippen molar-refractivity contribution in [3.63, 3.8) is 0 Å². The molecule has 0 aliphatic heterocycles. The van der Waals surface area contributed by atoms with Crippen molar-refractivity contribution in [2.45, 2.75) is 208 Å². The molecule has 0 atom stereocenters. The second kappa shape index (κ2) is 133. The maximum atomic E-state index is 13.4. The molecule has 2 aromatic heterocycles. The van der Waals surface area contributed by atoms with Crippen molar-refractivity contribution >= 4 is 169 Å². The van der Waals surface area contributed by atoms with Crippen molar-refractivity contribution in [3.05, 3.63) is 250 Å². The van der Waals surface area contributed by atoms with E-state index >= 15 is 0 Å². The summed E-state index contributed by atoms with van der Waals surface area (Å²) < 4.78 is 41.0. The average molecular weight is 2670 g/mol. The monoisotopic (exact) mass is 2670 g/mol. The van der Waals surface area contributed by atoms with Crippen LogP contribution in [-0.4, -0.2) is 152 Å². The number of halogens is 3. The van der Waals surface area contributed by atoms with Gasteiger partial charge in [0.15, 0.2) is 0 Å². The van der Waals surface area contributed by atoms with Crippen molar-refractivity contribution in [3.8, 4) is 0 Å². The maximum absolute atomic E-state index is 13.4.